The Labute approximate surface area is 169 Å². The van der Waals surface area contributed by atoms with Gasteiger partial charge in [-0.1, -0.05) is 35.9 Å². The Kier molecular flexibility index (Phi) is 6.47. The van der Waals surface area contributed by atoms with E-state index in [1.807, 2.05) is 43.0 Å². The second-order valence-electron chi connectivity index (χ2n) is 7.62. The molecule has 1 aliphatic heterocycles. The maximum absolute atomic E-state index is 12.9. The average Bonchev–Trinajstić information content (AvgIpc) is 2.72. The van der Waals surface area contributed by atoms with Crippen LogP contribution in [0.25, 0.3) is 0 Å². The number of quaternary nitrogens is 1. The zero-order chi connectivity index (χ0) is 21.0. The van der Waals surface area contributed by atoms with Crippen LogP contribution < -0.4 is 15.1 Å². The predicted octanol–water partition coefficient (Wildman–Crippen LogP) is 2.42. The van der Waals surface area contributed by atoms with Gasteiger partial charge in [0.05, 0.1) is 31.7 Å². The summed E-state index contributed by atoms with van der Waals surface area (Å²) in [6.07, 6.45) is -4.34. The Balaban J connectivity index is 1.52. The fourth-order valence-corrected chi connectivity index (χ4v) is 3.60. The predicted molar refractivity (Wildman–Crippen MR) is 107 cm³/mol. The highest BCUT2D eigenvalue weighted by atomic mass is 19.4. The van der Waals surface area contributed by atoms with Gasteiger partial charge in [0.25, 0.3) is 5.91 Å². The zero-order valence-corrected chi connectivity index (χ0v) is 16.7. The van der Waals surface area contributed by atoms with Crippen molar-refractivity contribution in [3.05, 3.63) is 65.2 Å². The maximum atomic E-state index is 12.9. The van der Waals surface area contributed by atoms with Crippen LogP contribution in [0.3, 0.4) is 0 Å². The molecule has 1 heterocycles. The quantitative estimate of drug-likeness (QED) is 0.800. The molecule has 3 rings (SSSR count). The minimum absolute atomic E-state index is 0.00639. The first kappa shape index (κ1) is 21.2. The monoisotopic (exact) mass is 406 g/mol. The van der Waals surface area contributed by atoms with Crippen molar-refractivity contribution in [2.24, 2.45) is 0 Å². The molecule has 1 fully saturated rings. The Morgan fingerprint density at radius 3 is 2.41 bits per heavy atom. The summed E-state index contributed by atoms with van der Waals surface area (Å²) in [6.45, 7) is 7.06. The van der Waals surface area contributed by atoms with E-state index in [9.17, 15) is 18.0 Å². The molecule has 1 amide bonds. The fourth-order valence-electron chi connectivity index (χ4n) is 3.60. The van der Waals surface area contributed by atoms with E-state index in [0.717, 1.165) is 16.5 Å². The van der Waals surface area contributed by atoms with Gasteiger partial charge in [-0.05, 0) is 37.6 Å². The minimum atomic E-state index is -4.34. The summed E-state index contributed by atoms with van der Waals surface area (Å²) in [4.78, 5) is 15.6. The molecule has 0 saturated carbocycles. The second-order valence-corrected chi connectivity index (χ2v) is 7.62. The number of benzene rings is 2. The molecule has 1 saturated heterocycles. The van der Waals surface area contributed by atoms with Crippen molar-refractivity contribution in [1.82, 2.24) is 5.32 Å². The number of rotatable bonds is 5. The number of nitrogens with one attached hydrogen (secondary N) is 2. The Morgan fingerprint density at radius 1 is 1.14 bits per heavy atom. The molecule has 0 spiro atoms. The maximum Gasteiger partial charge on any atom is 0.416 e. The van der Waals surface area contributed by atoms with Gasteiger partial charge in [0.1, 0.15) is 0 Å². The third-order valence-corrected chi connectivity index (χ3v) is 5.54. The van der Waals surface area contributed by atoms with Crippen LogP contribution in [0, 0.1) is 6.92 Å². The van der Waals surface area contributed by atoms with Crippen LogP contribution in [0.2, 0.25) is 0 Å². The van der Waals surface area contributed by atoms with Crippen molar-refractivity contribution < 1.29 is 22.9 Å². The Bertz CT molecular complexity index is 828. The fraction of sp³-hybridized carbons (Fsp3) is 0.409. The standard InChI is InChI=1S/C22H26F3N3O/c1-16-6-8-18(9-7-16)15-26-21(29)17(2)27-10-12-28(13-11-27)20-5-3-4-19(14-20)22(23,24)25/h3-9,14,17H,10-13,15H2,1-2H3,(H,26,29)/p+1/t17-/m0/s1. The van der Waals surface area contributed by atoms with E-state index in [1.165, 1.54) is 17.7 Å². The second kappa shape index (κ2) is 8.86. The number of halogens is 3. The molecule has 0 radical (unpaired) electrons. The molecule has 4 nitrogen and oxygen atoms in total. The number of anilines is 1. The first-order valence-corrected chi connectivity index (χ1v) is 9.84. The molecule has 2 N–H and O–H groups in total. The van der Waals surface area contributed by atoms with Crippen LogP contribution in [0.15, 0.2) is 48.5 Å². The van der Waals surface area contributed by atoms with Crippen molar-refractivity contribution in [2.75, 3.05) is 31.1 Å². The number of aryl methyl sites for hydroxylation is 1. The molecule has 2 aromatic carbocycles. The average molecular weight is 406 g/mol. The van der Waals surface area contributed by atoms with Gasteiger partial charge in [-0.25, -0.2) is 0 Å². The van der Waals surface area contributed by atoms with Gasteiger partial charge in [-0.3, -0.25) is 4.79 Å². The van der Waals surface area contributed by atoms with Crippen molar-refractivity contribution in [1.29, 1.82) is 0 Å². The largest absolute Gasteiger partial charge is 0.416 e. The molecule has 1 aliphatic rings. The number of carbonyl (C=O) groups excluding carboxylic acids is 1. The first-order valence-electron chi connectivity index (χ1n) is 9.84. The van der Waals surface area contributed by atoms with E-state index in [0.29, 0.717) is 38.4 Å². The lowest BCUT2D eigenvalue weighted by atomic mass is 10.1. The third kappa shape index (κ3) is 5.50. The number of carbonyl (C=O) groups is 1. The zero-order valence-electron chi connectivity index (χ0n) is 16.7. The lowest BCUT2D eigenvalue weighted by Crippen LogP contribution is -3.19. The number of hydrogen-bond acceptors (Lipinski definition) is 2. The van der Waals surface area contributed by atoms with Gasteiger partial charge in [0.15, 0.2) is 6.04 Å². The number of piperazine rings is 1. The van der Waals surface area contributed by atoms with Crippen molar-refractivity contribution >= 4 is 11.6 Å². The summed E-state index contributed by atoms with van der Waals surface area (Å²) in [7, 11) is 0. The van der Waals surface area contributed by atoms with E-state index in [1.54, 1.807) is 6.07 Å². The van der Waals surface area contributed by atoms with Gasteiger partial charge in [0, 0.05) is 12.2 Å². The van der Waals surface area contributed by atoms with Crippen molar-refractivity contribution in [2.45, 2.75) is 32.6 Å². The van der Waals surface area contributed by atoms with Crippen molar-refractivity contribution in [3.8, 4) is 0 Å². The number of amides is 1. The number of hydrogen-bond donors (Lipinski definition) is 2. The molecular formula is C22H27F3N3O+. The topological polar surface area (TPSA) is 36.8 Å². The van der Waals surface area contributed by atoms with E-state index >= 15 is 0 Å². The SMILES string of the molecule is Cc1ccc(CNC(=O)[C@H](C)[NH+]2CCN(c3cccc(C(F)(F)F)c3)CC2)cc1. The van der Waals surface area contributed by atoms with Gasteiger partial charge in [-0.15, -0.1) is 0 Å². The third-order valence-electron chi connectivity index (χ3n) is 5.54. The molecule has 7 heteroatoms. The highest BCUT2D eigenvalue weighted by molar-refractivity contribution is 5.79. The summed E-state index contributed by atoms with van der Waals surface area (Å²) in [5.41, 5.74) is 2.18. The normalized spacial score (nSPS) is 16.5. The van der Waals surface area contributed by atoms with E-state index in [-0.39, 0.29) is 11.9 Å². The van der Waals surface area contributed by atoms with Crippen LogP contribution in [0.5, 0.6) is 0 Å². The summed E-state index contributed by atoms with van der Waals surface area (Å²) in [6, 6.07) is 13.3. The van der Waals surface area contributed by atoms with Crippen LogP contribution in [-0.4, -0.2) is 38.1 Å². The number of alkyl halides is 3. The smallest absolute Gasteiger partial charge is 0.360 e. The van der Waals surface area contributed by atoms with Crippen molar-refractivity contribution in [3.63, 3.8) is 0 Å². The molecule has 0 aliphatic carbocycles. The lowest BCUT2D eigenvalue weighted by Gasteiger charge is -2.36. The highest BCUT2D eigenvalue weighted by Crippen LogP contribution is 2.31. The summed E-state index contributed by atoms with van der Waals surface area (Å²) >= 11 is 0. The Morgan fingerprint density at radius 2 is 1.79 bits per heavy atom. The van der Waals surface area contributed by atoms with Crippen LogP contribution >= 0.6 is 0 Å². The summed E-state index contributed by atoms with van der Waals surface area (Å²) < 4.78 is 38.8. The van der Waals surface area contributed by atoms with E-state index in [4.69, 9.17) is 0 Å². The van der Waals surface area contributed by atoms with Crippen LogP contribution in [0.1, 0.15) is 23.6 Å². The molecule has 0 bridgehead atoms. The van der Waals surface area contributed by atoms with E-state index < -0.39 is 11.7 Å². The van der Waals surface area contributed by atoms with Gasteiger partial charge in [0.2, 0.25) is 0 Å². The molecule has 2 aromatic rings. The molecule has 1 atom stereocenters. The Hall–Kier alpha value is -2.54. The van der Waals surface area contributed by atoms with Gasteiger partial charge in [-0.2, -0.15) is 13.2 Å². The van der Waals surface area contributed by atoms with Gasteiger partial charge >= 0.3 is 6.18 Å². The lowest BCUT2D eigenvalue weighted by molar-refractivity contribution is -0.914. The molecule has 156 valence electrons. The van der Waals surface area contributed by atoms with Gasteiger partial charge < -0.3 is 15.1 Å². The highest BCUT2D eigenvalue weighted by Gasteiger charge is 2.32. The summed E-state index contributed by atoms with van der Waals surface area (Å²) in [5.74, 6) is -0.00639. The molecule has 0 unspecified atom stereocenters. The molecule has 0 aromatic heterocycles. The van der Waals surface area contributed by atoms with Crippen LogP contribution in [-0.2, 0) is 17.5 Å². The molecular weight excluding hydrogens is 379 g/mol. The van der Waals surface area contributed by atoms with Crippen LogP contribution in [0.4, 0.5) is 18.9 Å². The minimum Gasteiger partial charge on any atom is -0.360 e. The van der Waals surface area contributed by atoms with E-state index in [2.05, 4.69) is 5.32 Å². The summed E-state index contributed by atoms with van der Waals surface area (Å²) in [5, 5.41) is 2.98. The molecule has 29 heavy (non-hydrogen) atoms. The number of nitrogens with zero attached hydrogens (tertiary/aromatic N) is 1. The first-order chi connectivity index (χ1) is 13.7.